The Morgan fingerprint density at radius 1 is 1.19 bits per heavy atom. The van der Waals surface area contributed by atoms with Gasteiger partial charge in [-0.3, -0.25) is 9.59 Å². The van der Waals surface area contributed by atoms with Crippen LogP contribution < -0.4 is 4.90 Å². The molecule has 3 rings (SSSR count). The summed E-state index contributed by atoms with van der Waals surface area (Å²) in [5.41, 5.74) is 1.47. The van der Waals surface area contributed by atoms with E-state index < -0.39 is 0 Å². The van der Waals surface area contributed by atoms with Crippen molar-refractivity contribution in [2.75, 3.05) is 31.1 Å². The molecule has 5 heteroatoms. The van der Waals surface area contributed by atoms with Gasteiger partial charge in [0.05, 0.1) is 0 Å². The predicted molar refractivity (Wildman–Crippen MR) is 79.1 cm³/mol. The molecule has 2 amide bonds. The number of carbonyl (C=O) groups is 2. The number of amides is 2. The van der Waals surface area contributed by atoms with Crippen LogP contribution in [0.3, 0.4) is 0 Å². The van der Waals surface area contributed by atoms with Crippen LogP contribution in [0.5, 0.6) is 0 Å². The molecule has 0 spiro atoms. The van der Waals surface area contributed by atoms with Gasteiger partial charge in [0.1, 0.15) is 0 Å². The molecule has 2 aliphatic heterocycles. The van der Waals surface area contributed by atoms with Gasteiger partial charge in [-0.05, 0) is 37.1 Å². The summed E-state index contributed by atoms with van der Waals surface area (Å²) in [6, 6.07) is 7.22. The summed E-state index contributed by atoms with van der Waals surface area (Å²) < 4.78 is 0. The lowest BCUT2D eigenvalue weighted by atomic mass is 10.1. The van der Waals surface area contributed by atoms with E-state index in [1.54, 1.807) is 17.0 Å². The van der Waals surface area contributed by atoms with Crippen molar-refractivity contribution >= 4 is 17.5 Å². The third-order valence-electron chi connectivity index (χ3n) is 4.28. The Bertz CT molecular complexity index is 535. The molecule has 2 heterocycles. The minimum absolute atomic E-state index is 0.0170. The Kier molecular flexibility index (Phi) is 3.92. The highest BCUT2D eigenvalue weighted by Crippen LogP contribution is 2.25. The molecular formula is C16H20N2O3. The molecule has 1 N–H and O–H groups in total. The number of anilines is 1. The number of aliphatic hydroxyl groups is 1. The average molecular weight is 288 g/mol. The average Bonchev–Trinajstić information content (AvgIpc) is 3.16. The fourth-order valence-electron chi connectivity index (χ4n) is 3.04. The first-order valence-corrected chi connectivity index (χ1v) is 7.49. The number of likely N-dealkylation sites (tertiary alicyclic amines) is 1. The van der Waals surface area contributed by atoms with Crippen LogP contribution in [0.25, 0.3) is 0 Å². The molecule has 5 nitrogen and oxygen atoms in total. The van der Waals surface area contributed by atoms with Gasteiger partial charge in [-0.2, -0.15) is 0 Å². The van der Waals surface area contributed by atoms with Gasteiger partial charge < -0.3 is 14.9 Å². The van der Waals surface area contributed by atoms with Crippen molar-refractivity contribution < 1.29 is 14.7 Å². The van der Waals surface area contributed by atoms with Crippen LogP contribution >= 0.6 is 0 Å². The summed E-state index contributed by atoms with van der Waals surface area (Å²) in [5, 5.41) is 9.16. The van der Waals surface area contributed by atoms with Crippen LogP contribution in [0.15, 0.2) is 24.3 Å². The standard InChI is InChI=1S/C16H20N2O3/c19-11-12-9-15(20)18(10-12)14-5-3-13(4-6-14)16(21)17-7-1-2-8-17/h3-6,12,19H,1-2,7-11H2. The van der Waals surface area contributed by atoms with Crippen molar-refractivity contribution in [2.24, 2.45) is 5.92 Å². The Hall–Kier alpha value is -1.88. The maximum absolute atomic E-state index is 12.3. The van der Waals surface area contributed by atoms with Gasteiger partial charge in [-0.15, -0.1) is 0 Å². The third kappa shape index (κ3) is 2.78. The van der Waals surface area contributed by atoms with E-state index in [1.807, 2.05) is 17.0 Å². The van der Waals surface area contributed by atoms with Crippen molar-refractivity contribution in [3.8, 4) is 0 Å². The lowest BCUT2D eigenvalue weighted by Gasteiger charge is -2.18. The zero-order valence-electron chi connectivity index (χ0n) is 12.0. The summed E-state index contributed by atoms with van der Waals surface area (Å²) in [7, 11) is 0. The quantitative estimate of drug-likeness (QED) is 0.911. The van der Waals surface area contributed by atoms with E-state index in [9.17, 15) is 9.59 Å². The van der Waals surface area contributed by atoms with Crippen LogP contribution in [0.1, 0.15) is 29.6 Å². The molecule has 2 aliphatic rings. The normalized spacial score (nSPS) is 22.1. The largest absolute Gasteiger partial charge is 0.396 e. The van der Waals surface area contributed by atoms with Crippen LogP contribution in [-0.4, -0.2) is 48.1 Å². The van der Waals surface area contributed by atoms with E-state index >= 15 is 0 Å². The van der Waals surface area contributed by atoms with Crippen molar-refractivity contribution in [1.82, 2.24) is 4.90 Å². The first-order chi connectivity index (χ1) is 10.2. The SMILES string of the molecule is O=C(c1ccc(N2CC(CO)CC2=O)cc1)N1CCCC1. The van der Waals surface area contributed by atoms with Crippen LogP contribution in [0.2, 0.25) is 0 Å². The number of nitrogens with zero attached hydrogens (tertiary/aromatic N) is 2. The van der Waals surface area contributed by atoms with E-state index in [1.165, 1.54) is 0 Å². The molecule has 0 radical (unpaired) electrons. The van der Waals surface area contributed by atoms with Gasteiger partial charge in [0.2, 0.25) is 5.91 Å². The topological polar surface area (TPSA) is 60.9 Å². The second-order valence-corrected chi connectivity index (χ2v) is 5.80. The van der Waals surface area contributed by atoms with E-state index in [2.05, 4.69) is 0 Å². The molecule has 0 aromatic heterocycles. The monoisotopic (exact) mass is 288 g/mol. The zero-order valence-corrected chi connectivity index (χ0v) is 12.0. The van der Waals surface area contributed by atoms with Gasteiger partial charge in [0, 0.05) is 49.8 Å². The number of aliphatic hydroxyl groups excluding tert-OH is 1. The summed E-state index contributed by atoms with van der Waals surface area (Å²) >= 11 is 0. The highest BCUT2D eigenvalue weighted by molar-refractivity contribution is 5.97. The summed E-state index contributed by atoms with van der Waals surface area (Å²) in [6.07, 6.45) is 2.55. The first kappa shape index (κ1) is 14.1. The smallest absolute Gasteiger partial charge is 0.253 e. The lowest BCUT2D eigenvalue weighted by molar-refractivity contribution is -0.117. The molecule has 0 aliphatic carbocycles. The fourth-order valence-corrected chi connectivity index (χ4v) is 3.04. The highest BCUT2D eigenvalue weighted by Gasteiger charge is 2.30. The number of rotatable bonds is 3. The molecule has 1 aromatic carbocycles. The molecule has 2 fully saturated rings. The number of hydrogen-bond acceptors (Lipinski definition) is 3. The predicted octanol–water partition coefficient (Wildman–Crippen LogP) is 1.27. The molecule has 0 bridgehead atoms. The molecule has 0 saturated carbocycles. The molecule has 1 atom stereocenters. The zero-order chi connectivity index (χ0) is 14.8. The summed E-state index contributed by atoms with van der Waals surface area (Å²) in [6.45, 7) is 2.26. The van der Waals surface area contributed by atoms with E-state index in [4.69, 9.17) is 5.11 Å². The van der Waals surface area contributed by atoms with Gasteiger partial charge in [0.15, 0.2) is 0 Å². The van der Waals surface area contributed by atoms with Gasteiger partial charge in [0.25, 0.3) is 5.91 Å². The Morgan fingerprint density at radius 3 is 2.43 bits per heavy atom. The number of hydrogen-bond donors (Lipinski definition) is 1. The lowest BCUT2D eigenvalue weighted by Crippen LogP contribution is -2.28. The van der Waals surface area contributed by atoms with Gasteiger partial charge >= 0.3 is 0 Å². The number of carbonyl (C=O) groups excluding carboxylic acids is 2. The second-order valence-electron chi connectivity index (χ2n) is 5.80. The molecule has 21 heavy (non-hydrogen) atoms. The second kappa shape index (κ2) is 5.85. The maximum Gasteiger partial charge on any atom is 0.253 e. The van der Waals surface area contributed by atoms with Crippen molar-refractivity contribution in [3.05, 3.63) is 29.8 Å². The van der Waals surface area contributed by atoms with Gasteiger partial charge in [-0.25, -0.2) is 0 Å². The molecule has 2 saturated heterocycles. The van der Waals surface area contributed by atoms with Crippen molar-refractivity contribution in [2.45, 2.75) is 19.3 Å². The Labute approximate surface area is 124 Å². The minimum atomic E-state index is 0.0170. The number of benzene rings is 1. The van der Waals surface area contributed by atoms with Crippen molar-refractivity contribution in [3.63, 3.8) is 0 Å². The van der Waals surface area contributed by atoms with Crippen LogP contribution in [0.4, 0.5) is 5.69 Å². The molecule has 112 valence electrons. The maximum atomic E-state index is 12.3. The first-order valence-electron chi connectivity index (χ1n) is 7.49. The van der Waals surface area contributed by atoms with Crippen molar-refractivity contribution in [1.29, 1.82) is 0 Å². The van der Waals surface area contributed by atoms with E-state index in [-0.39, 0.29) is 24.3 Å². The Morgan fingerprint density at radius 2 is 1.86 bits per heavy atom. The van der Waals surface area contributed by atoms with Crippen LogP contribution in [-0.2, 0) is 4.79 Å². The fraction of sp³-hybridized carbons (Fsp3) is 0.500. The van der Waals surface area contributed by atoms with E-state index in [0.717, 1.165) is 31.6 Å². The van der Waals surface area contributed by atoms with Gasteiger partial charge in [-0.1, -0.05) is 0 Å². The minimum Gasteiger partial charge on any atom is -0.396 e. The van der Waals surface area contributed by atoms with Crippen LogP contribution in [0, 0.1) is 5.92 Å². The molecule has 1 unspecified atom stereocenters. The summed E-state index contributed by atoms with van der Waals surface area (Å²) in [4.78, 5) is 27.7. The highest BCUT2D eigenvalue weighted by atomic mass is 16.3. The molecular weight excluding hydrogens is 268 g/mol. The van der Waals surface area contributed by atoms with E-state index in [0.29, 0.717) is 18.5 Å². The summed E-state index contributed by atoms with van der Waals surface area (Å²) in [5.74, 6) is 0.121. The Balaban J connectivity index is 1.72. The third-order valence-corrected chi connectivity index (χ3v) is 4.28. The molecule has 1 aromatic rings.